The van der Waals surface area contributed by atoms with Crippen molar-refractivity contribution in [3.05, 3.63) is 23.7 Å². The molecule has 0 aromatic heterocycles. The molecule has 0 saturated carbocycles. The zero-order valence-corrected chi connectivity index (χ0v) is 7.35. The second-order valence-corrected chi connectivity index (χ2v) is 2.65. The van der Waals surface area contributed by atoms with Gasteiger partial charge >= 0.3 is 5.97 Å². The average Bonchev–Trinajstić information content (AvgIpc) is 2.32. The Morgan fingerprint density at radius 1 is 1.47 bits per heavy atom. The van der Waals surface area contributed by atoms with E-state index < -0.39 is 53.3 Å². The van der Waals surface area contributed by atoms with Gasteiger partial charge < -0.3 is 26.2 Å². The van der Waals surface area contributed by atoms with Gasteiger partial charge in [-0.2, -0.15) is 0 Å². The van der Waals surface area contributed by atoms with Crippen LogP contribution in [0.2, 0.25) is 0 Å². The van der Waals surface area contributed by atoms with Crippen molar-refractivity contribution in [1.29, 1.82) is 0 Å². The molecule has 1 rings (SSSR count). The largest absolute Gasteiger partial charge is 0.504 e. The van der Waals surface area contributed by atoms with Crippen molar-refractivity contribution in [1.82, 2.24) is 0 Å². The highest BCUT2D eigenvalue weighted by molar-refractivity contribution is 5.74. The van der Waals surface area contributed by atoms with Crippen LogP contribution in [0.5, 0.6) is 11.5 Å². The first-order valence-electron chi connectivity index (χ1n) is 5.76. The molecule has 0 aliphatic carbocycles. The van der Waals surface area contributed by atoms with Crippen LogP contribution >= 0.6 is 0 Å². The maximum Gasteiger partial charge on any atom is 0.323 e. The van der Waals surface area contributed by atoms with Gasteiger partial charge in [0, 0.05) is 0 Å². The molecule has 0 aliphatic rings. The molecule has 0 aliphatic heterocycles. The number of aliphatic carboxylic acids is 1. The molecular weight excluding hydrogens is 202 g/mol. The number of carboxylic acid groups (broad SMARTS) is 1. The van der Waals surface area contributed by atoms with Gasteiger partial charge in [-0.15, -0.1) is 0 Å². The van der Waals surface area contributed by atoms with Crippen molar-refractivity contribution >= 4 is 5.97 Å². The molecule has 0 amide bonds. The van der Waals surface area contributed by atoms with E-state index in [9.17, 15) is 20.1 Å². The van der Waals surface area contributed by atoms with Gasteiger partial charge in [0.15, 0.2) is 11.5 Å². The minimum Gasteiger partial charge on any atom is -0.504 e. The first-order chi connectivity index (χ1) is 8.53. The summed E-state index contributed by atoms with van der Waals surface area (Å²) in [5.41, 5.74) is 4.12. The summed E-state index contributed by atoms with van der Waals surface area (Å²) in [4.78, 5) is 10.7. The number of carboxylic acids is 1. The average molecular weight is 217 g/mol. The van der Waals surface area contributed by atoms with Gasteiger partial charge in [0.1, 0.15) is 12.1 Å². The summed E-state index contributed by atoms with van der Waals surface area (Å²) in [7, 11) is 0. The maximum atomic E-state index is 10.7. The van der Waals surface area contributed by atoms with Crippen LogP contribution in [-0.4, -0.2) is 32.4 Å². The molecule has 0 fully saturated rings. The fourth-order valence-electron chi connectivity index (χ4n) is 0.790. The van der Waals surface area contributed by atoms with E-state index >= 15 is 0 Å². The third-order valence-corrected chi connectivity index (χ3v) is 1.59. The Morgan fingerprint density at radius 3 is 2.60 bits per heavy atom. The standard InChI is InChI=1S/C9H11NO5/c10-7(9(14)15)8(13)4-1-2-5(11)6(12)3-4/h1-3,7-8,11-13H,10H2,(H,14,15)/i1D,2D,3D,8D. The van der Waals surface area contributed by atoms with E-state index in [-0.39, 0.29) is 0 Å². The van der Waals surface area contributed by atoms with Crippen LogP contribution in [0.15, 0.2) is 18.1 Å². The number of aromatic hydroxyl groups is 2. The highest BCUT2D eigenvalue weighted by atomic mass is 16.4. The molecule has 0 spiro atoms. The van der Waals surface area contributed by atoms with Crippen LogP contribution in [0, 0.1) is 0 Å². The molecule has 0 radical (unpaired) electrons. The number of phenols is 2. The fourth-order valence-corrected chi connectivity index (χ4v) is 0.790. The number of nitrogens with two attached hydrogens (primary N) is 1. The molecule has 2 atom stereocenters. The zero-order valence-electron chi connectivity index (χ0n) is 11.4. The van der Waals surface area contributed by atoms with Crippen LogP contribution in [0.25, 0.3) is 0 Å². The predicted octanol–water partition coefficient (Wildman–Crippen LogP) is -0.457. The molecule has 1 aromatic carbocycles. The number of phenolic OH excluding ortho intramolecular Hbond substituents is 2. The Bertz CT molecular complexity index is 519. The van der Waals surface area contributed by atoms with Gasteiger partial charge in [-0.1, -0.05) is 6.04 Å². The summed E-state index contributed by atoms with van der Waals surface area (Å²) in [6, 6.07) is -5.15. The van der Waals surface area contributed by atoms with Crippen LogP contribution < -0.4 is 5.73 Å². The van der Waals surface area contributed by atoms with Crippen molar-refractivity contribution in [2.45, 2.75) is 12.1 Å². The SMILES string of the molecule is [2H]c1c([2H])c(C([2H])(O)C(N)C(=O)O)c([2H])c(O)c1O. The third kappa shape index (κ3) is 2.36. The van der Waals surface area contributed by atoms with E-state index in [1.165, 1.54) is 0 Å². The highest BCUT2D eigenvalue weighted by Crippen LogP contribution is 2.28. The number of rotatable bonds is 3. The predicted molar refractivity (Wildman–Crippen MR) is 50.3 cm³/mol. The van der Waals surface area contributed by atoms with E-state index in [1.54, 1.807) is 0 Å². The lowest BCUT2D eigenvalue weighted by atomic mass is 10.0. The first kappa shape index (κ1) is 6.65. The smallest absolute Gasteiger partial charge is 0.323 e. The summed E-state index contributed by atoms with van der Waals surface area (Å²) in [5, 5.41) is 37.0. The molecule has 6 heteroatoms. The van der Waals surface area contributed by atoms with Crippen molar-refractivity contribution in [3.63, 3.8) is 0 Å². The first-order valence-corrected chi connectivity index (χ1v) is 3.76. The number of hydrogen-bond donors (Lipinski definition) is 5. The van der Waals surface area contributed by atoms with E-state index in [2.05, 4.69) is 0 Å². The van der Waals surface area contributed by atoms with Crippen LogP contribution in [-0.2, 0) is 4.79 Å². The molecule has 15 heavy (non-hydrogen) atoms. The molecule has 2 unspecified atom stereocenters. The minimum atomic E-state index is -3.11. The Balaban J connectivity index is 3.64. The van der Waals surface area contributed by atoms with Crippen molar-refractivity contribution in [2.75, 3.05) is 0 Å². The number of hydrogen-bond acceptors (Lipinski definition) is 5. The lowest BCUT2D eigenvalue weighted by Gasteiger charge is -2.15. The van der Waals surface area contributed by atoms with Crippen LogP contribution in [0.1, 0.15) is 17.1 Å². The molecule has 1 aromatic rings. The summed E-state index contributed by atoms with van der Waals surface area (Å²) in [6.07, 6.45) is -3.11. The Labute approximate surface area is 90.8 Å². The lowest BCUT2D eigenvalue weighted by molar-refractivity contribution is -0.141. The van der Waals surface area contributed by atoms with Crippen molar-refractivity contribution in [2.24, 2.45) is 5.73 Å². The molecule has 0 bridgehead atoms. The van der Waals surface area contributed by atoms with E-state index in [4.69, 9.17) is 16.3 Å². The minimum absolute atomic E-state index is 0.952. The molecule has 0 saturated heterocycles. The molecule has 82 valence electrons. The fraction of sp³-hybridized carbons (Fsp3) is 0.222. The maximum absolute atomic E-state index is 10.7. The van der Waals surface area contributed by atoms with Crippen molar-refractivity contribution in [3.8, 4) is 11.5 Å². The quantitative estimate of drug-likeness (QED) is 0.436. The number of aliphatic hydroxyl groups is 1. The highest BCUT2D eigenvalue weighted by Gasteiger charge is 2.24. The van der Waals surface area contributed by atoms with Gasteiger partial charge in [0.2, 0.25) is 0 Å². The second kappa shape index (κ2) is 4.16. The van der Waals surface area contributed by atoms with Crippen LogP contribution in [0.3, 0.4) is 0 Å². The Morgan fingerprint density at radius 2 is 2.07 bits per heavy atom. The molecule has 6 nitrogen and oxygen atoms in total. The van der Waals surface area contributed by atoms with Gasteiger partial charge in [-0.3, -0.25) is 4.79 Å². The summed E-state index contributed by atoms with van der Waals surface area (Å²) < 4.78 is 29.6. The van der Waals surface area contributed by atoms with Crippen LogP contribution in [0.4, 0.5) is 0 Å². The van der Waals surface area contributed by atoms with Gasteiger partial charge in [0.25, 0.3) is 0 Å². The van der Waals surface area contributed by atoms with Crippen molar-refractivity contribution < 1.29 is 30.7 Å². The van der Waals surface area contributed by atoms with Gasteiger partial charge in [0.05, 0.1) is 5.48 Å². The Hall–Kier alpha value is -1.79. The molecule has 6 N–H and O–H groups in total. The zero-order chi connectivity index (χ0) is 15.1. The third-order valence-electron chi connectivity index (χ3n) is 1.59. The van der Waals surface area contributed by atoms with E-state index in [1.807, 2.05) is 0 Å². The van der Waals surface area contributed by atoms with Gasteiger partial charge in [-0.25, -0.2) is 0 Å². The normalized spacial score (nSPS) is 20.4. The summed E-state index contributed by atoms with van der Waals surface area (Å²) >= 11 is 0. The molecule has 0 heterocycles. The van der Waals surface area contributed by atoms with E-state index in [0.29, 0.717) is 0 Å². The number of carbonyl (C=O) groups is 1. The summed E-state index contributed by atoms with van der Waals surface area (Å²) in [6.45, 7) is 0. The van der Waals surface area contributed by atoms with Gasteiger partial charge in [-0.05, 0) is 17.6 Å². The van der Waals surface area contributed by atoms with E-state index in [0.717, 1.165) is 0 Å². The monoisotopic (exact) mass is 217 g/mol. The Kier molecular flexibility index (Phi) is 1.84. The summed E-state index contributed by atoms with van der Waals surface area (Å²) in [5.74, 6) is -3.98. The molecular formula is C9H11NO5. The topological polar surface area (TPSA) is 124 Å². The second-order valence-electron chi connectivity index (χ2n) is 2.65. The number of benzene rings is 1. The lowest BCUT2D eigenvalue weighted by Crippen LogP contribution is -2.36.